The number of nitrogens with zero attached hydrogens (tertiary/aromatic N) is 1. The van der Waals surface area contributed by atoms with Gasteiger partial charge in [-0.25, -0.2) is 0 Å². The Balaban J connectivity index is 1.98. The highest BCUT2D eigenvalue weighted by atomic mass is 127. The zero-order valence-electron chi connectivity index (χ0n) is 16.1. The number of rotatable bonds is 5. The number of hydrogen-bond acceptors (Lipinski definition) is 5. The molecule has 1 aromatic carbocycles. The molecule has 2 aliphatic rings. The van der Waals surface area contributed by atoms with E-state index in [-0.39, 0.29) is 24.3 Å². The standard InChI is InChI=1S/C20H26INO4S/c1-4-26-19(24)10-16-12(2)15-9-18(23)22(14-5-7-25-8-6-14)11-17(15)13(3)20(16)27-21/h14H,4-11H2,1-3H3. The lowest BCUT2D eigenvalue weighted by Crippen LogP contribution is -2.46. The van der Waals surface area contributed by atoms with Gasteiger partial charge in [-0.1, -0.05) is 8.93 Å². The second kappa shape index (κ2) is 9.13. The van der Waals surface area contributed by atoms with Crippen LogP contribution in [0.4, 0.5) is 0 Å². The van der Waals surface area contributed by atoms with Gasteiger partial charge in [-0.3, -0.25) is 9.59 Å². The molecule has 0 unspecified atom stereocenters. The molecule has 1 saturated heterocycles. The number of amides is 1. The summed E-state index contributed by atoms with van der Waals surface area (Å²) in [5.41, 5.74) is 5.64. The van der Waals surface area contributed by atoms with Crippen LogP contribution in [0.2, 0.25) is 0 Å². The fourth-order valence-electron chi connectivity index (χ4n) is 4.14. The first-order valence-electron chi connectivity index (χ1n) is 9.43. The summed E-state index contributed by atoms with van der Waals surface area (Å²) in [5.74, 6) is -0.0218. The third-order valence-corrected chi connectivity index (χ3v) is 7.68. The zero-order chi connectivity index (χ0) is 19.6. The van der Waals surface area contributed by atoms with Gasteiger partial charge in [-0.05, 0) is 61.4 Å². The van der Waals surface area contributed by atoms with Crippen LogP contribution in [-0.4, -0.2) is 42.6 Å². The first kappa shape index (κ1) is 20.9. The number of halogens is 1. The van der Waals surface area contributed by atoms with Crippen molar-refractivity contribution in [2.75, 3.05) is 19.8 Å². The first-order valence-corrected chi connectivity index (χ1v) is 12.8. The Hall–Kier alpha value is -0.800. The summed E-state index contributed by atoms with van der Waals surface area (Å²) in [6.45, 7) is 8.48. The summed E-state index contributed by atoms with van der Waals surface area (Å²) >= 11 is 2.28. The van der Waals surface area contributed by atoms with Crippen molar-refractivity contribution < 1.29 is 19.1 Å². The minimum absolute atomic E-state index is 0.189. The highest BCUT2D eigenvalue weighted by molar-refractivity contribution is 14.2. The third kappa shape index (κ3) is 4.29. The van der Waals surface area contributed by atoms with E-state index in [9.17, 15) is 9.59 Å². The normalized spacial score (nSPS) is 17.8. The summed E-state index contributed by atoms with van der Waals surface area (Å²) in [6, 6.07) is 0.272. The van der Waals surface area contributed by atoms with Crippen molar-refractivity contribution in [3.8, 4) is 0 Å². The quantitative estimate of drug-likeness (QED) is 0.451. The predicted molar refractivity (Wildman–Crippen MR) is 114 cm³/mol. The number of carbonyl (C=O) groups is 2. The zero-order valence-corrected chi connectivity index (χ0v) is 19.1. The van der Waals surface area contributed by atoms with Gasteiger partial charge >= 0.3 is 5.97 Å². The molecule has 0 aromatic heterocycles. The van der Waals surface area contributed by atoms with Crippen molar-refractivity contribution in [2.24, 2.45) is 0 Å². The Bertz CT molecular complexity index is 746. The van der Waals surface area contributed by atoms with Crippen LogP contribution in [0.25, 0.3) is 0 Å². The lowest BCUT2D eigenvalue weighted by molar-refractivity contribution is -0.142. The van der Waals surface area contributed by atoms with Crippen molar-refractivity contribution in [1.29, 1.82) is 0 Å². The van der Waals surface area contributed by atoms with Crippen LogP contribution in [0.15, 0.2) is 4.90 Å². The van der Waals surface area contributed by atoms with E-state index in [4.69, 9.17) is 9.47 Å². The van der Waals surface area contributed by atoms with E-state index < -0.39 is 0 Å². The number of benzene rings is 1. The van der Waals surface area contributed by atoms with Gasteiger partial charge in [0.2, 0.25) is 5.91 Å². The fraction of sp³-hybridized carbons (Fsp3) is 0.600. The maximum Gasteiger partial charge on any atom is 0.310 e. The molecule has 0 saturated carbocycles. The number of hydrogen-bond donors (Lipinski definition) is 0. The van der Waals surface area contributed by atoms with Gasteiger partial charge in [0.1, 0.15) is 0 Å². The topological polar surface area (TPSA) is 55.8 Å². The Morgan fingerprint density at radius 3 is 2.59 bits per heavy atom. The van der Waals surface area contributed by atoms with Crippen LogP contribution in [0, 0.1) is 13.8 Å². The Kier molecular flexibility index (Phi) is 7.08. The largest absolute Gasteiger partial charge is 0.466 e. The van der Waals surface area contributed by atoms with Crippen LogP contribution >= 0.6 is 30.1 Å². The van der Waals surface area contributed by atoms with E-state index >= 15 is 0 Å². The molecule has 0 atom stereocenters. The number of fused-ring (bicyclic) bond motifs is 1. The second-order valence-electron chi connectivity index (χ2n) is 7.12. The molecular weight excluding hydrogens is 477 g/mol. The van der Waals surface area contributed by atoms with Gasteiger partial charge in [0.25, 0.3) is 0 Å². The molecule has 1 amide bonds. The van der Waals surface area contributed by atoms with E-state index in [0.717, 1.165) is 47.6 Å². The molecule has 3 rings (SSSR count). The molecule has 1 aromatic rings. The highest BCUT2D eigenvalue weighted by Crippen LogP contribution is 2.40. The van der Waals surface area contributed by atoms with Gasteiger partial charge in [0, 0.05) is 51.9 Å². The van der Waals surface area contributed by atoms with Crippen LogP contribution in [0.1, 0.15) is 47.6 Å². The molecule has 0 radical (unpaired) electrons. The molecular formula is C20H26INO4S. The molecule has 148 valence electrons. The van der Waals surface area contributed by atoms with Crippen molar-refractivity contribution in [2.45, 2.75) is 63.9 Å². The second-order valence-corrected chi connectivity index (χ2v) is 9.00. The van der Waals surface area contributed by atoms with Gasteiger partial charge < -0.3 is 14.4 Å². The summed E-state index contributed by atoms with van der Waals surface area (Å²) < 4.78 is 10.6. The van der Waals surface area contributed by atoms with Crippen molar-refractivity contribution >= 4 is 42.0 Å². The Labute approximate surface area is 177 Å². The molecule has 5 nitrogen and oxygen atoms in total. The van der Waals surface area contributed by atoms with E-state index in [0.29, 0.717) is 19.6 Å². The minimum atomic E-state index is -0.211. The van der Waals surface area contributed by atoms with E-state index in [2.05, 4.69) is 28.1 Å². The SMILES string of the molecule is CCOC(=O)Cc1c(C)c2c(c(C)c1SI)CN(C1CCOCC1)C(=O)C2. The van der Waals surface area contributed by atoms with Crippen molar-refractivity contribution in [3.05, 3.63) is 27.8 Å². The van der Waals surface area contributed by atoms with E-state index in [1.54, 1.807) is 8.93 Å². The average molecular weight is 503 g/mol. The first-order chi connectivity index (χ1) is 13.0. The van der Waals surface area contributed by atoms with Gasteiger partial charge in [0.05, 0.1) is 19.4 Å². The van der Waals surface area contributed by atoms with Crippen LogP contribution in [0.5, 0.6) is 0 Å². The van der Waals surface area contributed by atoms with Crippen LogP contribution < -0.4 is 0 Å². The van der Waals surface area contributed by atoms with Crippen molar-refractivity contribution in [3.63, 3.8) is 0 Å². The summed E-state index contributed by atoms with van der Waals surface area (Å²) in [6.07, 6.45) is 2.50. The molecule has 1 fully saturated rings. The lowest BCUT2D eigenvalue weighted by atomic mass is 9.86. The van der Waals surface area contributed by atoms with Gasteiger partial charge in [-0.15, -0.1) is 0 Å². The summed E-state index contributed by atoms with van der Waals surface area (Å²) in [7, 11) is 1.65. The smallest absolute Gasteiger partial charge is 0.310 e. The lowest BCUT2D eigenvalue weighted by Gasteiger charge is -2.39. The van der Waals surface area contributed by atoms with E-state index in [1.165, 1.54) is 11.1 Å². The molecule has 2 aliphatic heterocycles. The maximum atomic E-state index is 12.9. The Morgan fingerprint density at radius 2 is 1.96 bits per heavy atom. The third-order valence-electron chi connectivity index (χ3n) is 5.65. The predicted octanol–water partition coefficient (Wildman–Crippen LogP) is 3.91. The minimum Gasteiger partial charge on any atom is -0.466 e. The van der Waals surface area contributed by atoms with Gasteiger partial charge in [-0.2, -0.15) is 0 Å². The van der Waals surface area contributed by atoms with E-state index in [1.807, 2.05) is 18.7 Å². The number of esters is 1. The number of ether oxygens (including phenoxy) is 2. The number of carbonyl (C=O) groups excluding carboxylic acids is 2. The molecule has 0 aliphatic carbocycles. The Morgan fingerprint density at radius 1 is 1.26 bits per heavy atom. The summed E-state index contributed by atoms with van der Waals surface area (Å²) in [4.78, 5) is 28.2. The monoisotopic (exact) mass is 503 g/mol. The molecule has 0 spiro atoms. The summed E-state index contributed by atoms with van der Waals surface area (Å²) in [5, 5.41) is 0. The highest BCUT2D eigenvalue weighted by Gasteiger charge is 2.33. The average Bonchev–Trinajstić information content (AvgIpc) is 2.67. The maximum absolute atomic E-state index is 12.9. The van der Waals surface area contributed by atoms with Crippen molar-refractivity contribution in [1.82, 2.24) is 4.90 Å². The van der Waals surface area contributed by atoms with Crippen LogP contribution in [0.3, 0.4) is 0 Å². The van der Waals surface area contributed by atoms with Crippen LogP contribution in [-0.2, 0) is 38.4 Å². The molecule has 2 heterocycles. The molecule has 0 N–H and O–H groups in total. The fourth-order valence-corrected chi connectivity index (χ4v) is 6.48. The molecule has 7 heteroatoms. The van der Waals surface area contributed by atoms with Gasteiger partial charge in [0.15, 0.2) is 0 Å². The molecule has 0 bridgehead atoms. The molecule has 27 heavy (non-hydrogen) atoms.